The number of para-hydroxylation sites is 2. The molecule has 1 N–H and O–H groups in total. The molecule has 1 aromatic rings. The molecule has 5 heteroatoms. The van der Waals surface area contributed by atoms with Gasteiger partial charge in [0.05, 0.1) is 12.2 Å². The number of carbonyl (C=O) groups is 2. The van der Waals surface area contributed by atoms with Gasteiger partial charge >= 0.3 is 5.97 Å². The lowest BCUT2D eigenvalue weighted by atomic mass is 10.2. The quantitative estimate of drug-likeness (QED) is 0.792. The summed E-state index contributed by atoms with van der Waals surface area (Å²) < 4.78 is 5.24. The second-order valence-corrected chi connectivity index (χ2v) is 3.64. The largest absolute Gasteiger partial charge is 0.482 e. The number of benzene rings is 1. The molecule has 1 heterocycles. The normalized spacial score (nSPS) is 13.9. The van der Waals surface area contributed by atoms with Gasteiger partial charge in [-0.3, -0.25) is 4.79 Å². The van der Waals surface area contributed by atoms with Crippen molar-refractivity contribution in [2.24, 2.45) is 0 Å². The molecule has 0 radical (unpaired) electrons. The van der Waals surface area contributed by atoms with Crippen molar-refractivity contribution in [2.75, 3.05) is 18.1 Å². The first kappa shape index (κ1) is 11.2. The Bertz CT molecular complexity index is 495. The van der Waals surface area contributed by atoms with Crippen molar-refractivity contribution in [1.29, 1.82) is 0 Å². The smallest absolute Gasteiger partial charge is 0.332 e. The van der Waals surface area contributed by atoms with Crippen LogP contribution in [0, 0.1) is 0 Å². The molecule has 0 saturated carbocycles. The second-order valence-electron chi connectivity index (χ2n) is 3.64. The predicted molar refractivity (Wildman–Crippen MR) is 61.1 cm³/mol. The highest BCUT2D eigenvalue weighted by Gasteiger charge is 2.26. The van der Waals surface area contributed by atoms with Crippen LogP contribution in [0.3, 0.4) is 0 Å². The zero-order valence-corrected chi connectivity index (χ0v) is 9.05. The summed E-state index contributed by atoms with van der Waals surface area (Å²) in [5.41, 5.74) is 0.543. The molecule has 1 aromatic carbocycles. The third-order valence-electron chi connectivity index (χ3n) is 2.46. The van der Waals surface area contributed by atoms with E-state index in [1.807, 2.05) is 0 Å². The fraction of sp³-hybridized carbons (Fsp3) is 0.167. The van der Waals surface area contributed by atoms with Gasteiger partial charge in [0, 0.05) is 5.57 Å². The zero-order valence-electron chi connectivity index (χ0n) is 9.05. The number of amides is 1. The second kappa shape index (κ2) is 4.29. The molecule has 17 heavy (non-hydrogen) atoms. The van der Waals surface area contributed by atoms with E-state index in [-0.39, 0.29) is 24.6 Å². The number of aliphatic carboxylic acids is 1. The SMILES string of the molecule is C=C(CN1C(=O)COc2ccccc21)C(=O)O. The van der Waals surface area contributed by atoms with Crippen molar-refractivity contribution in [1.82, 2.24) is 0 Å². The van der Waals surface area contributed by atoms with Crippen molar-refractivity contribution < 1.29 is 19.4 Å². The first-order valence-corrected chi connectivity index (χ1v) is 5.03. The third-order valence-corrected chi connectivity index (χ3v) is 2.46. The maximum Gasteiger partial charge on any atom is 0.332 e. The maximum atomic E-state index is 11.7. The standard InChI is InChI=1S/C12H11NO4/c1-8(12(15)16)6-13-9-4-2-3-5-10(9)17-7-11(13)14/h2-5H,1,6-7H2,(H,15,16). The van der Waals surface area contributed by atoms with Crippen molar-refractivity contribution in [3.63, 3.8) is 0 Å². The van der Waals surface area contributed by atoms with Gasteiger partial charge in [0.2, 0.25) is 0 Å². The number of rotatable bonds is 3. The minimum Gasteiger partial charge on any atom is -0.482 e. The summed E-state index contributed by atoms with van der Waals surface area (Å²) in [6.07, 6.45) is 0. The fourth-order valence-electron chi connectivity index (χ4n) is 1.59. The number of hydrogen-bond donors (Lipinski definition) is 1. The van der Waals surface area contributed by atoms with Crippen LogP contribution >= 0.6 is 0 Å². The van der Waals surface area contributed by atoms with E-state index in [2.05, 4.69) is 6.58 Å². The number of carboxylic acid groups (broad SMARTS) is 1. The number of anilines is 1. The van der Waals surface area contributed by atoms with Gasteiger partial charge in [0.25, 0.3) is 5.91 Å². The molecule has 1 aliphatic rings. The number of nitrogens with zero attached hydrogens (tertiary/aromatic N) is 1. The van der Waals surface area contributed by atoms with Crippen molar-refractivity contribution in [3.8, 4) is 5.75 Å². The molecular formula is C12H11NO4. The summed E-state index contributed by atoms with van der Waals surface area (Å²) in [6, 6.07) is 7.00. The average Bonchev–Trinajstić information content (AvgIpc) is 2.32. The molecule has 0 unspecified atom stereocenters. The van der Waals surface area contributed by atoms with Crippen LogP contribution in [0.1, 0.15) is 0 Å². The summed E-state index contributed by atoms with van der Waals surface area (Å²) in [4.78, 5) is 23.8. The van der Waals surface area contributed by atoms with Gasteiger partial charge < -0.3 is 14.7 Å². The summed E-state index contributed by atoms with van der Waals surface area (Å²) >= 11 is 0. The van der Waals surface area contributed by atoms with E-state index in [1.165, 1.54) is 4.90 Å². The first-order valence-electron chi connectivity index (χ1n) is 5.03. The molecule has 0 aliphatic carbocycles. The molecule has 0 saturated heterocycles. The van der Waals surface area contributed by atoms with Gasteiger partial charge in [-0.05, 0) is 12.1 Å². The van der Waals surface area contributed by atoms with Crippen molar-refractivity contribution >= 4 is 17.6 Å². The van der Waals surface area contributed by atoms with Gasteiger partial charge in [0.1, 0.15) is 5.75 Å². The molecular weight excluding hydrogens is 222 g/mol. The van der Waals surface area contributed by atoms with E-state index in [1.54, 1.807) is 24.3 Å². The molecule has 0 fully saturated rings. The van der Waals surface area contributed by atoms with E-state index in [4.69, 9.17) is 9.84 Å². The van der Waals surface area contributed by atoms with Crippen LogP contribution in [0.5, 0.6) is 5.75 Å². The van der Waals surface area contributed by atoms with Crippen LogP contribution in [0.2, 0.25) is 0 Å². The minimum atomic E-state index is -1.11. The van der Waals surface area contributed by atoms with Crippen molar-refractivity contribution in [2.45, 2.75) is 0 Å². The monoisotopic (exact) mass is 233 g/mol. The number of fused-ring (bicyclic) bond motifs is 1. The molecule has 2 rings (SSSR count). The lowest BCUT2D eigenvalue weighted by Crippen LogP contribution is -2.40. The highest BCUT2D eigenvalue weighted by Crippen LogP contribution is 2.31. The predicted octanol–water partition coefficient (Wildman–Crippen LogP) is 1.05. The molecule has 5 nitrogen and oxygen atoms in total. The Balaban J connectivity index is 2.30. The molecule has 0 bridgehead atoms. The van der Waals surface area contributed by atoms with Crippen LogP contribution < -0.4 is 9.64 Å². The Kier molecular flexibility index (Phi) is 2.82. The number of hydrogen-bond acceptors (Lipinski definition) is 3. The van der Waals surface area contributed by atoms with Crippen LogP contribution in [0.15, 0.2) is 36.4 Å². The maximum absolute atomic E-state index is 11.7. The fourth-order valence-corrected chi connectivity index (χ4v) is 1.59. The Morgan fingerprint density at radius 2 is 2.18 bits per heavy atom. The van der Waals surface area contributed by atoms with Gasteiger partial charge in [-0.25, -0.2) is 4.79 Å². The van der Waals surface area contributed by atoms with Gasteiger partial charge in [-0.1, -0.05) is 18.7 Å². The van der Waals surface area contributed by atoms with Gasteiger partial charge in [-0.2, -0.15) is 0 Å². The Labute approximate surface area is 97.9 Å². The molecule has 1 amide bonds. The topological polar surface area (TPSA) is 66.8 Å². The van der Waals surface area contributed by atoms with Crippen LogP contribution in [0.4, 0.5) is 5.69 Å². The minimum absolute atomic E-state index is 0.0324. The van der Waals surface area contributed by atoms with Crippen molar-refractivity contribution in [3.05, 3.63) is 36.4 Å². The van der Waals surface area contributed by atoms with Crippen LogP contribution in [0.25, 0.3) is 0 Å². The highest BCUT2D eigenvalue weighted by atomic mass is 16.5. The Morgan fingerprint density at radius 1 is 1.47 bits per heavy atom. The number of carboxylic acids is 1. The Morgan fingerprint density at radius 3 is 2.88 bits per heavy atom. The Hall–Kier alpha value is -2.30. The van der Waals surface area contributed by atoms with E-state index in [9.17, 15) is 9.59 Å². The zero-order chi connectivity index (χ0) is 12.4. The summed E-state index contributed by atoms with van der Waals surface area (Å²) in [7, 11) is 0. The lowest BCUT2D eigenvalue weighted by molar-refractivity contribution is -0.132. The van der Waals surface area contributed by atoms with Crippen LogP contribution in [-0.4, -0.2) is 30.1 Å². The third kappa shape index (κ3) is 2.13. The average molecular weight is 233 g/mol. The highest BCUT2D eigenvalue weighted by molar-refractivity contribution is 6.00. The van der Waals surface area contributed by atoms with E-state index < -0.39 is 5.97 Å². The molecule has 88 valence electrons. The van der Waals surface area contributed by atoms with E-state index >= 15 is 0 Å². The van der Waals surface area contributed by atoms with E-state index in [0.717, 1.165) is 0 Å². The summed E-state index contributed by atoms with van der Waals surface area (Å²) in [5.74, 6) is -0.807. The summed E-state index contributed by atoms with van der Waals surface area (Å²) in [5, 5.41) is 8.78. The molecule has 0 aromatic heterocycles. The molecule has 0 spiro atoms. The van der Waals surface area contributed by atoms with E-state index in [0.29, 0.717) is 11.4 Å². The molecule has 0 atom stereocenters. The van der Waals surface area contributed by atoms with Gasteiger partial charge in [-0.15, -0.1) is 0 Å². The molecule has 1 aliphatic heterocycles. The van der Waals surface area contributed by atoms with Crippen LogP contribution in [-0.2, 0) is 9.59 Å². The lowest BCUT2D eigenvalue weighted by Gasteiger charge is -2.29. The number of ether oxygens (including phenoxy) is 1. The summed E-state index contributed by atoms with van der Waals surface area (Å²) in [6.45, 7) is 3.31. The van der Waals surface area contributed by atoms with Gasteiger partial charge in [0.15, 0.2) is 6.61 Å². The first-order chi connectivity index (χ1) is 8.09. The number of carbonyl (C=O) groups excluding carboxylic acids is 1.